The SMILES string of the molecule is CN1CN(C2(c3ccc(C4(c5ccn[nH]5)c5cnccc5-c5ccncc54)cc3)c3cnccc3-c3ccncc32)c2ncccc21. The van der Waals surface area contributed by atoms with Gasteiger partial charge in [0.25, 0.3) is 0 Å². The maximum absolute atomic E-state index is 4.95. The molecule has 9 heteroatoms. The first kappa shape index (κ1) is 26.0. The highest BCUT2D eigenvalue weighted by Gasteiger charge is 2.53. The van der Waals surface area contributed by atoms with E-state index >= 15 is 0 Å². The smallest absolute Gasteiger partial charge is 0.154 e. The Morgan fingerprint density at radius 2 is 1.15 bits per heavy atom. The highest BCUT2D eigenvalue weighted by molar-refractivity contribution is 5.88. The standard InChI is InChI=1S/C38H27N9/c1-46-23-47(36-34(46)3-2-13-43-36)38(32-21-41-16-10-28(32)29-11-17-42-22-33(29)38)25-6-4-24(5-7-25)37(35-12-18-44-45-35)30-19-39-14-8-26(30)27-9-15-40-20-31(27)37/h2-22H,23H2,1H3,(H,44,45). The number of fused-ring (bicyclic) bond motifs is 7. The summed E-state index contributed by atoms with van der Waals surface area (Å²) in [5.41, 5.74) is 11.8. The van der Waals surface area contributed by atoms with Gasteiger partial charge in [-0.2, -0.15) is 5.10 Å². The van der Waals surface area contributed by atoms with Crippen molar-refractivity contribution >= 4 is 11.5 Å². The Labute approximate surface area is 270 Å². The van der Waals surface area contributed by atoms with Crippen molar-refractivity contribution in [2.75, 3.05) is 23.5 Å². The number of aromatic amines is 1. The van der Waals surface area contributed by atoms with Crippen LogP contribution in [0.3, 0.4) is 0 Å². The number of pyridine rings is 5. The molecule has 0 radical (unpaired) electrons. The highest BCUT2D eigenvalue weighted by atomic mass is 15.4. The van der Waals surface area contributed by atoms with Crippen molar-refractivity contribution in [2.45, 2.75) is 11.0 Å². The zero-order valence-corrected chi connectivity index (χ0v) is 25.4. The molecule has 7 aromatic rings. The van der Waals surface area contributed by atoms with Gasteiger partial charge in [-0.25, -0.2) is 4.98 Å². The lowest BCUT2D eigenvalue weighted by atomic mass is 9.70. The fraction of sp³-hybridized carbons (Fsp3) is 0.105. The average Bonchev–Trinajstić information content (AvgIpc) is 3.91. The second-order valence-corrected chi connectivity index (χ2v) is 12.3. The third-order valence-electron chi connectivity index (χ3n) is 10.3. The Morgan fingerprint density at radius 1 is 0.596 bits per heavy atom. The van der Waals surface area contributed by atoms with Crippen LogP contribution in [-0.4, -0.2) is 48.8 Å². The zero-order chi connectivity index (χ0) is 31.2. The molecule has 2 aliphatic carbocycles. The molecule has 1 aliphatic heterocycles. The second-order valence-electron chi connectivity index (χ2n) is 12.3. The molecule has 224 valence electrons. The van der Waals surface area contributed by atoms with Crippen LogP contribution in [0.4, 0.5) is 11.5 Å². The molecule has 0 bridgehead atoms. The molecule has 9 nitrogen and oxygen atoms in total. The van der Waals surface area contributed by atoms with Gasteiger partial charge in [0.05, 0.1) is 23.5 Å². The molecule has 0 spiro atoms. The van der Waals surface area contributed by atoms with Crippen LogP contribution in [-0.2, 0) is 11.0 Å². The van der Waals surface area contributed by atoms with Gasteiger partial charge >= 0.3 is 0 Å². The minimum absolute atomic E-state index is 0.646. The summed E-state index contributed by atoms with van der Waals surface area (Å²) in [5.74, 6) is 0.926. The average molecular weight is 610 g/mol. The van der Waals surface area contributed by atoms with Crippen molar-refractivity contribution in [1.82, 2.24) is 35.1 Å². The molecule has 0 fully saturated rings. The quantitative estimate of drug-likeness (QED) is 0.262. The topological polar surface area (TPSA) is 99.6 Å². The highest BCUT2D eigenvalue weighted by Crippen LogP contribution is 2.58. The number of nitrogens with one attached hydrogen (secondary N) is 1. The molecule has 0 atom stereocenters. The van der Waals surface area contributed by atoms with E-state index in [4.69, 9.17) is 4.98 Å². The van der Waals surface area contributed by atoms with E-state index in [2.05, 4.69) is 108 Å². The first-order valence-corrected chi connectivity index (χ1v) is 15.6. The van der Waals surface area contributed by atoms with Gasteiger partial charge in [-0.3, -0.25) is 25.0 Å². The first-order valence-electron chi connectivity index (χ1n) is 15.6. The molecule has 1 N–H and O–H groups in total. The molecule has 0 saturated carbocycles. The minimum atomic E-state index is -0.727. The van der Waals surface area contributed by atoms with Gasteiger partial charge in [-0.15, -0.1) is 0 Å². The maximum Gasteiger partial charge on any atom is 0.154 e. The first-order chi connectivity index (χ1) is 23.2. The monoisotopic (exact) mass is 609 g/mol. The van der Waals surface area contributed by atoms with E-state index in [0.29, 0.717) is 6.67 Å². The summed E-state index contributed by atoms with van der Waals surface area (Å²) < 4.78 is 0. The van der Waals surface area contributed by atoms with E-state index < -0.39 is 11.0 Å². The van der Waals surface area contributed by atoms with Gasteiger partial charge < -0.3 is 9.80 Å². The van der Waals surface area contributed by atoms with Crippen molar-refractivity contribution in [3.05, 3.63) is 168 Å². The number of nitrogens with zero attached hydrogens (tertiary/aromatic N) is 8. The van der Waals surface area contributed by atoms with E-state index in [1.165, 1.54) is 0 Å². The molecule has 3 aliphatic rings. The molecule has 10 rings (SSSR count). The van der Waals surface area contributed by atoms with Gasteiger partial charge in [0.2, 0.25) is 0 Å². The number of aromatic nitrogens is 7. The van der Waals surface area contributed by atoms with Gasteiger partial charge in [-0.05, 0) is 87.0 Å². The van der Waals surface area contributed by atoms with E-state index in [9.17, 15) is 0 Å². The molecule has 7 heterocycles. The lowest BCUT2D eigenvalue weighted by Gasteiger charge is -2.42. The molecule has 0 saturated heterocycles. The Bertz CT molecular complexity index is 2240. The third-order valence-corrected chi connectivity index (χ3v) is 10.3. The van der Waals surface area contributed by atoms with Gasteiger partial charge in [0.1, 0.15) is 5.54 Å². The third kappa shape index (κ3) is 3.17. The largest absolute Gasteiger partial charge is 0.354 e. The fourth-order valence-corrected chi connectivity index (χ4v) is 8.44. The number of benzene rings is 1. The predicted octanol–water partition coefficient (Wildman–Crippen LogP) is 5.93. The van der Waals surface area contributed by atoms with Crippen LogP contribution in [0.2, 0.25) is 0 Å². The molecular formula is C38H27N9. The van der Waals surface area contributed by atoms with E-state index in [1.54, 1.807) is 0 Å². The van der Waals surface area contributed by atoms with Crippen molar-refractivity contribution in [3.8, 4) is 22.3 Å². The van der Waals surface area contributed by atoms with Crippen molar-refractivity contribution in [2.24, 2.45) is 0 Å². The van der Waals surface area contributed by atoms with Crippen LogP contribution in [0, 0.1) is 0 Å². The number of hydrogen-bond donors (Lipinski definition) is 1. The number of anilines is 2. The Morgan fingerprint density at radius 3 is 1.72 bits per heavy atom. The summed E-state index contributed by atoms with van der Waals surface area (Å²) in [7, 11) is 2.12. The summed E-state index contributed by atoms with van der Waals surface area (Å²) >= 11 is 0. The number of hydrogen-bond acceptors (Lipinski definition) is 8. The van der Waals surface area contributed by atoms with Crippen LogP contribution in [0.1, 0.15) is 39.1 Å². The summed E-state index contributed by atoms with van der Waals surface area (Å²) in [6, 6.07) is 23.6. The summed E-state index contributed by atoms with van der Waals surface area (Å²) in [4.78, 5) is 28.2. The zero-order valence-electron chi connectivity index (χ0n) is 25.4. The lowest BCUT2D eigenvalue weighted by molar-refractivity contribution is 0.575. The number of H-pyrrole nitrogens is 1. The molecular weight excluding hydrogens is 582 g/mol. The van der Waals surface area contributed by atoms with Gasteiger partial charge in [-0.1, -0.05) is 24.3 Å². The van der Waals surface area contributed by atoms with E-state index in [0.717, 1.165) is 72.8 Å². The van der Waals surface area contributed by atoms with Gasteiger partial charge in [0, 0.05) is 80.1 Å². The van der Waals surface area contributed by atoms with Crippen LogP contribution in [0.25, 0.3) is 22.3 Å². The van der Waals surface area contributed by atoms with E-state index in [1.807, 2.05) is 68.0 Å². The Hall–Kier alpha value is -6.22. The van der Waals surface area contributed by atoms with Crippen LogP contribution < -0.4 is 9.80 Å². The van der Waals surface area contributed by atoms with Crippen LogP contribution in [0.5, 0.6) is 0 Å². The molecule has 47 heavy (non-hydrogen) atoms. The Balaban J connectivity index is 1.25. The van der Waals surface area contributed by atoms with Crippen molar-refractivity contribution in [1.29, 1.82) is 0 Å². The molecule has 0 amide bonds. The van der Waals surface area contributed by atoms with Gasteiger partial charge in [0.15, 0.2) is 5.82 Å². The molecule has 6 aromatic heterocycles. The van der Waals surface area contributed by atoms with Crippen LogP contribution in [0.15, 0.2) is 129 Å². The molecule has 1 aromatic carbocycles. The normalized spacial score (nSPS) is 15.9. The van der Waals surface area contributed by atoms with E-state index in [-0.39, 0.29) is 0 Å². The summed E-state index contributed by atoms with van der Waals surface area (Å²) in [5, 5.41) is 7.73. The van der Waals surface area contributed by atoms with Crippen LogP contribution >= 0.6 is 0 Å². The predicted molar refractivity (Wildman–Crippen MR) is 179 cm³/mol. The second kappa shape index (κ2) is 9.40. The number of rotatable bonds is 4. The summed E-state index contributed by atoms with van der Waals surface area (Å²) in [6.45, 7) is 0.646. The van der Waals surface area contributed by atoms with Crippen molar-refractivity contribution in [3.63, 3.8) is 0 Å². The maximum atomic E-state index is 4.95. The molecule has 0 unspecified atom stereocenters. The Kier molecular flexibility index (Phi) is 5.21. The minimum Gasteiger partial charge on any atom is -0.354 e. The summed E-state index contributed by atoms with van der Waals surface area (Å²) in [6.07, 6.45) is 19.1. The lowest BCUT2D eigenvalue weighted by Crippen LogP contribution is -2.48. The van der Waals surface area contributed by atoms with Crippen molar-refractivity contribution < 1.29 is 0 Å². The fourth-order valence-electron chi connectivity index (χ4n) is 8.44.